The summed E-state index contributed by atoms with van der Waals surface area (Å²) in [6, 6.07) is 6.86. The molecule has 2 aliphatic rings. The summed E-state index contributed by atoms with van der Waals surface area (Å²) in [5, 5.41) is 26.7. The van der Waals surface area contributed by atoms with Gasteiger partial charge in [-0.1, -0.05) is 23.6 Å². The third-order valence-electron chi connectivity index (χ3n) is 4.86. The number of nitrogens with zero attached hydrogens (tertiary/aromatic N) is 1. The van der Waals surface area contributed by atoms with E-state index in [9.17, 15) is 15.0 Å². The number of aryl methyl sites for hydroxylation is 1. The van der Waals surface area contributed by atoms with Gasteiger partial charge in [-0.25, -0.2) is 0 Å². The summed E-state index contributed by atoms with van der Waals surface area (Å²) < 4.78 is 0. The average Bonchev–Trinajstić information content (AvgIpc) is 2.94. The third-order valence-corrected chi connectivity index (χ3v) is 5.17. The molecule has 1 aliphatic carbocycles. The van der Waals surface area contributed by atoms with Crippen molar-refractivity contribution in [1.29, 1.82) is 0 Å². The number of amides is 1. The van der Waals surface area contributed by atoms with E-state index in [4.69, 9.17) is 18.6 Å². The number of rotatable bonds is 3. The zero-order valence-electron chi connectivity index (χ0n) is 13.8. The molecule has 6 nitrogen and oxygen atoms in total. The number of carbonyl (C=O) groups is 1. The van der Waals surface area contributed by atoms with E-state index in [1.807, 2.05) is 36.1 Å². The minimum Gasteiger partial charge on any atom is -0.390 e. The molecule has 1 saturated heterocycles. The van der Waals surface area contributed by atoms with E-state index in [-0.39, 0.29) is 18.9 Å². The zero-order valence-corrected chi connectivity index (χ0v) is 14.7. The molecule has 3 rings (SSSR count). The Labute approximate surface area is 152 Å². The molecule has 25 heavy (non-hydrogen) atoms. The summed E-state index contributed by atoms with van der Waals surface area (Å²) in [7, 11) is 0. The first kappa shape index (κ1) is 17.7. The second-order valence-electron chi connectivity index (χ2n) is 6.49. The Bertz CT molecular complexity index is 715. The Hall–Kier alpha value is -2.14. The molecule has 1 amide bonds. The molecule has 1 heterocycles. The Morgan fingerprint density at radius 1 is 1.44 bits per heavy atom. The summed E-state index contributed by atoms with van der Waals surface area (Å²) in [6.07, 6.45) is 3.36. The molecule has 7 heteroatoms. The van der Waals surface area contributed by atoms with E-state index < -0.39 is 30.2 Å². The molecular weight excluding hydrogens is 338 g/mol. The van der Waals surface area contributed by atoms with Gasteiger partial charge >= 0.3 is 0 Å². The lowest BCUT2D eigenvalue weighted by Crippen LogP contribution is -2.61. The molecule has 1 saturated carbocycles. The highest BCUT2D eigenvalue weighted by Gasteiger charge is 2.53. The van der Waals surface area contributed by atoms with Crippen molar-refractivity contribution >= 4 is 28.9 Å². The number of carbonyl (C=O) groups excluding carboxylic acids is 1. The van der Waals surface area contributed by atoms with Crippen LogP contribution in [0.5, 0.6) is 0 Å². The number of aliphatic hydroxyl groups is 2. The van der Waals surface area contributed by atoms with Crippen molar-refractivity contribution in [2.75, 3.05) is 11.4 Å². The van der Waals surface area contributed by atoms with Crippen LogP contribution in [0.3, 0.4) is 0 Å². The Morgan fingerprint density at radius 3 is 2.76 bits per heavy atom. The smallest absolute Gasteiger partial charge is 0.226 e. The molecular formula is C18H21N3O3S. The fourth-order valence-corrected chi connectivity index (χ4v) is 3.98. The van der Waals surface area contributed by atoms with Gasteiger partial charge in [0.15, 0.2) is 5.11 Å². The highest BCUT2D eigenvalue weighted by Crippen LogP contribution is 2.36. The van der Waals surface area contributed by atoms with Crippen LogP contribution in [0.1, 0.15) is 12.0 Å². The van der Waals surface area contributed by atoms with Crippen molar-refractivity contribution in [2.24, 2.45) is 5.92 Å². The second-order valence-corrected chi connectivity index (χ2v) is 6.88. The summed E-state index contributed by atoms with van der Waals surface area (Å²) in [6.45, 7) is 2.11. The maximum Gasteiger partial charge on any atom is 0.226 e. The van der Waals surface area contributed by atoms with Gasteiger partial charge in [-0.2, -0.15) is 0 Å². The third kappa shape index (κ3) is 3.21. The Morgan fingerprint density at radius 2 is 2.12 bits per heavy atom. The first-order valence-corrected chi connectivity index (χ1v) is 8.58. The van der Waals surface area contributed by atoms with Gasteiger partial charge in [0.1, 0.15) is 6.10 Å². The van der Waals surface area contributed by atoms with E-state index >= 15 is 0 Å². The van der Waals surface area contributed by atoms with Gasteiger partial charge in [-0.05, 0) is 37.7 Å². The lowest BCUT2D eigenvalue weighted by atomic mass is 9.77. The van der Waals surface area contributed by atoms with Crippen LogP contribution in [0.25, 0.3) is 0 Å². The van der Waals surface area contributed by atoms with Crippen molar-refractivity contribution in [3.63, 3.8) is 0 Å². The second kappa shape index (κ2) is 7.00. The fraction of sp³-hybridized carbons (Fsp3) is 0.444. The normalized spacial score (nSPS) is 31.0. The Balaban J connectivity index is 1.96. The van der Waals surface area contributed by atoms with Gasteiger partial charge in [0.05, 0.1) is 30.7 Å². The number of thiocarbonyl (C=S) groups is 1. The molecule has 1 aromatic rings. The number of benzene rings is 1. The maximum atomic E-state index is 12.6. The van der Waals surface area contributed by atoms with Crippen molar-refractivity contribution in [3.05, 3.63) is 29.8 Å². The van der Waals surface area contributed by atoms with Crippen LogP contribution in [0.4, 0.5) is 5.69 Å². The van der Waals surface area contributed by atoms with E-state index in [0.29, 0.717) is 5.11 Å². The highest BCUT2D eigenvalue weighted by molar-refractivity contribution is 7.80. The molecule has 2 fully saturated rings. The number of fused-ring (bicyclic) bond motifs is 1. The van der Waals surface area contributed by atoms with Crippen molar-refractivity contribution in [1.82, 2.24) is 10.6 Å². The first-order chi connectivity index (χ1) is 11.9. The summed E-state index contributed by atoms with van der Waals surface area (Å²) in [5.41, 5.74) is 1.95. The minimum atomic E-state index is -1.00. The standard InChI is InChI=1S/C18H21N3O3S/c1-3-8-19-17(24)12-9-13(22)16(23)14-15(12)21(18(25)20-14)11-6-4-10(2)5-7-11/h1,4-7,12-16,22-23H,8-9H2,2H3,(H,19,24)(H,20,25). The zero-order chi connectivity index (χ0) is 18.1. The number of terminal acetylenes is 1. The van der Waals surface area contributed by atoms with Crippen LogP contribution in [0.2, 0.25) is 0 Å². The first-order valence-electron chi connectivity index (χ1n) is 8.17. The molecule has 5 atom stereocenters. The SMILES string of the molecule is C#CCNC(=O)C1CC(O)C(O)C2NC(=S)N(c3ccc(C)cc3)C12. The summed E-state index contributed by atoms with van der Waals surface area (Å²) >= 11 is 5.45. The van der Waals surface area contributed by atoms with Crippen molar-refractivity contribution in [2.45, 2.75) is 37.6 Å². The molecule has 0 bridgehead atoms. The van der Waals surface area contributed by atoms with Gasteiger partial charge in [0.2, 0.25) is 5.91 Å². The molecule has 132 valence electrons. The topological polar surface area (TPSA) is 84.8 Å². The number of hydrogen-bond donors (Lipinski definition) is 4. The predicted octanol–water partition coefficient (Wildman–Crippen LogP) is -0.0822. The van der Waals surface area contributed by atoms with Crippen molar-refractivity contribution in [3.8, 4) is 12.3 Å². The average molecular weight is 359 g/mol. The van der Waals surface area contributed by atoms with Gasteiger partial charge < -0.3 is 25.7 Å². The fourth-order valence-electron chi connectivity index (χ4n) is 3.62. The van der Waals surface area contributed by atoms with E-state index in [2.05, 4.69) is 16.6 Å². The molecule has 5 unspecified atom stereocenters. The molecule has 0 radical (unpaired) electrons. The van der Waals surface area contributed by atoms with E-state index in [0.717, 1.165) is 11.3 Å². The van der Waals surface area contributed by atoms with Crippen LogP contribution in [0, 0.1) is 25.2 Å². The van der Waals surface area contributed by atoms with E-state index in [1.54, 1.807) is 0 Å². The van der Waals surface area contributed by atoms with Gasteiger partial charge in [-0.3, -0.25) is 4.79 Å². The van der Waals surface area contributed by atoms with Gasteiger partial charge in [0, 0.05) is 5.69 Å². The van der Waals surface area contributed by atoms with E-state index in [1.165, 1.54) is 0 Å². The van der Waals surface area contributed by atoms with Crippen LogP contribution in [-0.4, -0.2) is 52.1 Å². The van der Waals surface area contributed by atoms with Crippen LogP contribution in [0.15, 0.2) is 24.3 Å². The quantitative estimate of drug-likeness (QED) is 0.446. The summed E-state index contributed by atoms with van der Waals surface area (Å²) in [5.74, 6) is 1.58. The van der Waals surface area contributed by atoms with Crippen LogP contribution >= 0.6 is 12.2 Å². The maximum absolute atomic E-state index is 12.6. The molecule has 1 aromatic carbocycles. The van der Waals surface area contributed by atoms with Gasteiger partial charge in [-0.15, -0.1) is 6.42 Å². The highest BCUT2D eigenvalue weighted by atomic mass is 32.1. The van der Waals surface area contributed by atoms with Crippen LogP contribution in [-0.2, 0) is 4.79 Å². The lowest BCUT2D eigenvalue weighted by molar-refractivity contribution is -0.130. The minimum absolute atomic E-state index is 0.119. The number of aliphatic hydroxyl groups excluding tert-OH is 2. The number of hydrogen-bond acceptors (Lipinski definition) is 4. The monoisotopic (exact) mass is 359 g/mol. The number of anilines is 1. The largest absolute Gasteiger partial charge is 0.390 e. The summed E-state index contributed by atoms with van der Waals surface area (Å²) in [4.78, 5) is 14.4. The molecule has 0 spiro atoms. The predicted molar refractivity (Wildman–Crippen MR) is 98.9 cm³/mol. The lowest BCUT2D eigenvalue weighted by Gasteiger charge is -2.41. The number of nitrogens with one attached hydrogen (secondary N) is 2. The van der Waals surface area contributed by atoms with Crippen LogP contribution < -0.4 is 15.5 Å². The molecule has 4 N–H and O–H groups in total. The Kier molecular flexibility index (Phi) is 4.95. The van der Waals surface area contributed by atoms with Gasteiger partial charge in [0.25, 0.3) is 0 Å². The van der Waals surface area contributed by atoms with Crippen molar-refractivity contribution < 1.29 is 15.0 Å². The molecule has 0 aromatic heterocycles. The molecule has 1 aliphatic heterocycles.